The maximum Gasteiger partial charge on any atom is 0.217 e. The summed E-state index contributed by atoms with van der Waals surface area (Å²) in [6, 6.07) is 8.22. The number of hydrogen-bond donors (Lipinski definition) is 4. The summed E-state index contributed by atoms with van der Waals surface area (Å²) in [6.07, 6.45) is 3.60. The van der Waals surface area contributed by atoms with E-state index in [1.165, 1.54) is 0 Å². The zero-order valence-electron chi connectivity index (χ0n) is 17.8. The fourth-order valence-electron chi connectivity index (χ4n) is 3.51. The fourth-order valence-corrected chi connectivity index (χ4v) is 3.51. The number of amides is 1. The molecule has 0 aliphatic carbocycles. The van der Waals surface area contributed by atoms with Crippen LogP contribution in [0.2, 0.25) is 0 Å². The molecule has 2 rings (SSSR count). The molecule has 0 saturated heterocycles. The van der Waals surface area contributed by atoms with E-state index in [0.717, 1.165) is 16.5 Å². The number of aromatic amines is 1. The van der Waals surface area contributed by atoms with Crippen molar-refractivity contribution in [2.24, 2.45) is 11.7 Å². The second-order valence-electron chi connectivity index (χ2n) is 8.10. The Morgan fingerprint density at radius 1 is 1.14 bits per heavy atom. The molecule has 29 heavy (non-hydrogen) atoms. The van der Waals surface area contributed by atoms with Crippen molar-refractivity contribution in [3.8, 4) is 0 Å². The van der Waals surface area contributed by atoms with Gasteiger partial charge in [0.15, 0.2) is 5.78 Å². The van der Waals surface area contributed by atoms with Crippen LogP contribution < -0.4 is 16.4 Å². The van der Waals surface area contributed by atoms with Gasteiger partial charge < -0.3 is 21.4 Å². The van der Waals surface area contributed by atoms with E-state index in [9.17, 15) is 9.59 Å². The first-order chi connectivity index (χ1) is 13.3. The van der Waals surface area contributed by atoms with Crippen molar-refractivity contribution in [3.05, 3.63) is 36.0 Å². The van der Waals surface area contributed by atoms with Crippen LogP contribution in [0, 0.1) is 5.92 Å². The quantitative estimate of drug-likeness (QED) is 0.315. The second-order valence-corrected chi connectivity index (χ2v) is 8.10. The Hall–Kier alpha value is -1.49. The van der Waals surface area contributed by atoms with Gasteiger partial charge in [-0.1, -0.05) is 45.9 Å². The number of para-hydroxylation sites is 1. The Balaban J connectivity index is 0.00000420. The van der Waals surface area contributed by atoms with Crippen molar-refractivity contribution in [2.45, 2.75) is 65.1 Å². The van der Waals surface area contributed by atoms with Crippen LogP contribution in [0.25, 0.3) is 10.9 Å². The molecular weight excluding hydrogens is 536 g/mol. The number of aromatic nitrogens is 1. The van der Waals surface area contributed by atoms with Crippen LogP contribution >= 0.6 is 0 Å². The van der Waals surface area contributed by atoms with Gasteiger partial charge in [-0.3, -0.25) is 9.59 Å². The number of rotatable bonds is 12. The minimum absolute atomic E-state index is 0. The summed E-state index contributed by atoms with van der Waals surface area (Å²) in [5.74, 6) is -0.155. The number of carbonyl (C=O) groups excluding carboxylic acids is 2. The Morgan fingerprint density at radius 2 is 1.83 bits per heavy atom. The normalized spacial score (nSPS) is 13.4. The van der Waals surface area contributed by atoms with E-state index in [1.54, 1.807) is 0 Å². The average Bonchev–Trinajstić information content (AvgIpc) is 3.04. The Labute approximate surface area is 188 Å². The number of benzene rings is 1. The Bertz CT molecular complexity index is 788. The monoisotopic (exact) mass is 570 g/mol. The van der Waals surface area contributed by atoms with Gasteiger partial charge in [0.1, 0.15) is 0 Å². The summed E-state index contributed by atoms with van der Waals surface area (Å²) in [5.41, 5.74) is 7.52. The largest absolute Gasteiger partial charge is 0.370 e. The van der Waals surface area contributed by atoms with Crippen molar-refractivity contribution >= 4 is 22.6 Å². The molecule has 6 nitrogen and oxygen atoms in total. The molecule has 0 aliphatic heterocycles. The maximum atomic E-state index is 12.8. The van der Waals surface area contributed by atoms with Gasteiger partial charge in [-0.2, -0.15) is 0 Å². The second kappa shape index (κ2) is 12.3. The predicted molar refractivity (Wildman–Crippen MR) is 114 cm³/mol. The van der Waals surface area contributed by atoms with Crippen molar-refractivity contribution in [1.29, 1.82) is 0 Å². The first kappa shape index (κ1) is 25.5. The predicted octanol–water partition coefficient (Wildman–Crippen LogP) is 2.52. The number of nitrogens with two attached hydrogens (primary N) is 1. The maximum absolute atomic E-state index is 12.8. The van der Waals surface area contributed by atoms with Crippen molar-refractivity contribution in [1.82, 2.24) is 15.6 Å². The van der Waals surface area contributed by atoms with Gasteiger partial charge in [0.2, 0.25) is 5.91 Å². The summed E-state index contributed by atoms with van der Waals surface area (Å²) in [5, 5.41) is 8.06. The van der Waals surface area contributed by atoms with E-state index in [0.29, 0.717) is 25.8 Å². The van der Waals surface area contributed by atoms with Crippen LogP contribution in [-0.4, -0.2) is 41.3 Å². The topological polar surface area (TPSA) is 100 Å². The summed E-state index contributed by atoms with van der Waals surface area (Å²) >= 11 is 0. The number of ketones is 1. The summed E-state index contributed by atoms with van der Waals surface area (Å²) in [7, 11) is 0. The molecule has 7 heteroatoms. The molecule has 1 heterocycles. The zero-order valence-corrected chi connectivity index (χ0v) is 20.8. The molecule has 5 N–H and O–H groups in total. The van der Waals surface area contributed by atoms with Gasteiger partial charge in [0.05, 0.1) is 6.04 Å². The summed E-state index contributed by atoms with van der Waals surface area (Å²) < 4.78 is 0. The minimum Gasteiger partial charge on any atom is -0.370 e. The molecule has 1 aromatic heterocycles. The summed E-state index contributed by atoms with van der Waals surface area (Å²) in [6.45, 7) is 8.61. The van der Waals surface area contributed by atoms with Gasteiger partial charge in [0, 0.05) is 69.1 Å². The molecule has 160 valence electrons. The number of hydrogen-bond acceptors (Lipinski definition) is 4. The van der Waals surface area contributed by atoms with Crippen LogP contribution in [0.5, 0.6) is 0 Å². The van der Waals surface area contributed by atoms with E-state index in [1.807, 2.05) is 38.2 Å². The number of Topliss-reactive ketones (excluding diaryl/α,β-unsaturated/α-hetero) is 1. The van der Waals surface area contributed by atoms with Crippen LogP contribution in [0.3, 0.4) is 0 Å². The van der Waals surface area contributed by atoms with Crippen LogP contribution in [-0.2, 0) is 37.1 Å². The van der Waals surface area contributed by atoms with E-state index in [-0.39, 0.29) is 56.8 Å². The third-order valence-electron chi connectivity index (χ3n) is 4.93. The number of primary amides is 1. The number of carbonyl (C=O) groups is 2. The average molecular weight is 570 g/mol. The zero-order chi connectivity index (χ0) is 20.7. The van der Waals surface area contributed by atoms with Crippen LogP contribution in [0.4, 0.5) is 0 Å². The third-order valence-corrected chi connectivity index (χ3v) is 4.93. The van der Waals surface area contributed by atoms with E-state index < -0.39 is 0 Å². The molecule has 0 bridgehead atoms. The van der Waals surface area contributed by atoms with Crippen molar-refractivity contribution < 1.29 is 30.7 Å². The summed E-state index contributed by atoms with van der Waals surface area (Å²) in [4.78, 5) is 27.3. The van der Waals surface area contributed by atoms with E-state index >= 15 is 0 Å². The molecule has 0 radical (unpaired) electrons. The molecule has 2 aromatic rings. The molecule has 2 atom stereocenters. The van der Waals surface area contributed by atoms with Gasteiger partial charge in [-0.25, -0.2) is 0 Å². The smallest absolute Gasteiger partial charge is 0.217 e. The number of fused-ring (bicyclic) bond motifs is 1. The molecule has 1 amide bonds. The number of H-pyrrole nitrogens is 1. The minimum atomic E-state index is -0.302. The van der Waals surface area contributed by atoms with Gasteiger partial charge in [-0.05, 0) is 24.5 Å². The Kier molecular flexibility index (Phi) is 10.8. The molecular formula is C22H34N4O2W. The van der Waals surface area contributed by atoms with Gasteiger partial charge >= 0.3 is 0 Å². The first-order valence-electron chi connectivity index (χ1n) is 10.1. The molecule has 0 spiro atoms. The van der Waals surface area contributed by atoms with Crippen LogP contribution in [0.1, 0.15) is 46.1 Å². The van der Waals surface area contributed by atoms with Gasteiger partial charge in [0.25, 0.3) is 0 Å². The first-order valence-corrected chi connectivity index (χ1v) is 10.1. The molecule has 1 aromatic carbocycles. The molecule has 0 aliphatic rings. The molecule has 0 unspecified atom stereocenters. The van der Waals surface area contributed by atoms with E-state index in [2.05, 4.69) is 35.5 Å². The van der Waals surface area contributed by atoms with E-state index in [4.69, 9.17) is 5.73 Å². The van der Waals surface area contributed by atoms with Crippen molar-refractivity contribution in [2.75, 3.05) is 6.54 Å². The number of nitrogens with one attached hydrogen (secondary N) is 3. The van der Waals surface area contributed by atoms with Crippen molar-refractivity contribution in [3.63, 3.8) is 0 Å². The van der Waals surface area contributed by atoms with Crippen LogP contribution in [0.15, 0.2) is 30.5 Å². The third kappa shape index (κ3) is 8.04. The Morgan fingerprint density at radius 3 is 2.45 bits per heavy atom. The molecule has 0 fully saturated rings. The molecule has 0 saturated carbocycles. The standard InChI is InChI=1S/C22H34N4O2.W/c1-14(2)22(28)20(11-16-12-24-19-8-6-5-7-18(16)19)25-13-17(26-15(3)4)9-10-21(23)27;/h5-8,12,14-15,17,20,24-26H,9-11,13H2,1-4H3,(H2,23,27);/t17-,20-;/m0./s1. The fraction of sp³-hybridized carbons (Fsp3) is 0.545. The SMILES string of the molecule is CC(C)N[C@@H](CCC(N)=O)CN[C@@H](Cc1c[nH]c2ccccc12)C(=O)C(C)C.[W]. The van der Waals surface area contributed by atoms with Gasteiger partial charge in [-0.15, -0.1) is 0 Å².